The third-order valence-corrected chi connectivity index (χ3v) is 12.9. The van der Waals surface area contributed by atoms with E-state index in [0.29, 0.717) is 17.0 Å². The average molecular weight is 767 g/mol. The van der Waals surface area contributed by atoms with Gasteiger partial charge in [0.05, 0.1) is 28.9 Å². The molecule has 5 aliphatic rings. The topological polar surface area (TPSA) is 133 Å². The fraction of sp³-hybridized carbons (Fsp3) is 0.409. The third kappa shape index (κ3) is 6.52. The van der Waals surface area contributed by atoms with E-state index in [1.165, 1.54) is 40.2 Å². The van der Waals surface area contributed by atoms with Crippen LogP contribution in [0, 0.1) is 5.92 Å². The number of benzene rings is 2. The van der Waals surface area contributed by atoms with Crippen molar-refractivity contribution in [1.29, 1.82) is 0 Å². The van der Waals surface area contributed by atoms with Crippen LogP contribution in [0.15, 0.2) is 73.2 Å². The molecule has 1 N–H and O–H groups in total. The number of ether oxygens (including phenoxy) is 1. The number of piperidine rings is 3. The van der Waals surface area contributed by atoms with Gasteiger partial charge in [0.15, 0.2) is 0 Å². The number of hydrogen-bond acceptors (Lipinski definition) is 10. The van der Waals surface area contributed by atoms with E-state index >= 15 is 0 Å². The van der Waals surface area contributed by atoms with Crippen LogP contribution in [0.1, 0.15) is 59.2 Å². The van der Waals surface area contributed by atoms with Gasteiger partial charge in [-0.15, -0.1) is 0 Å². The van der Waals surface area contributed by atoms with Crippen LogP contribution >= 0.6 is 0 Å². The fourth-order valence-corrected chi connectivity index (χ4v) is 9.58. The van der Waals surface area contributed by atoms with Crippen molar-refractivity contribution in [2.45, 2.75) is 56.8 Å². The summed E-state index contributed by atoms with van der Waals surface area (Å²) in [5, 5.41) is 4.64. The highest BCUT2D eigenvalue weighted by Crippen LogP contribution is 2.35. The summed E-state index contributed by atoms with van der Waals surface area (Å²) < 4.78 is 8.75. The highest BCUT2D eigenvalue weighted by atomic mass is 16.5. The van der Waals surface area contributed by atoms with Crippen molar-refractivity contribution < 1.29 is 23.9 Å². The Kier molecular flexibility index (Phi) is 9.01. The molecule has 0 spiro atoms. The van der Waals surface area contributed by atoms with Crippen LogP contribution in [-0.2, 0) is 21.4 Å². The van der Waals surface area contributed by atoms with Gasteiger partial charge >= 0.3 is 0 Å². The van der Waals surface area contributed by atoms with Crippen molar-refractivity contribution in [2.24, 2.45) is 13.0 Å². The minimum Gasteiger partial charge on any atom is -0.371 e. The lowest BCUT2D eigenvalue weighted by Crippen LogP contribution is -2.54. The molecule has 2 aromatic carbocycles. The number of imide groups is 2. The molecule has 5 aliphatic heterocycles. The van der Waals surface area contributed by atoms with Crippen molar-refractivity contribution in [3.63, 3.8) is 0 Å². The van der Waals surface area contributed by atoms with Crippen LogP contribution in [-0.4, -0.2) is 112 Å². The Bertz CT molecular complexity index is 2410. The molecule has 292 valence electrons. The van der Waals surface area contributed by atoms with Gasteiger partial charge in [-0.3, -0.25) is 34.4 Å². The van der Waals surface area contributed by atoms with Crippen LogP contribution in [0.2, 0.25) is 0 Å². The first-order valence-electron chi connectivity index (χ1n) is 20.3. The monoisotopic (exact) mass is 766 g/mol. The third-order valence-electron chi connectivity index (χ3n) is 12.9. The highest BCUT2D eigenvalue weighted by Gasteiger charge is 2.45. The molecule has 13 heteroatoms. The van der Waals surface area contributed by atoms with Crippen LogP contribution in [0.5, 0.6) is 0 Å². The molecular formula is C44H46N8O5. The summed E-state index contributed by atoms with van der Waals surface area (Å²) in [5.74, 6) is -0.211. The van der Waals surface area contributed by atoms with Gasteiger partial charge in [-0.1, -0.05) is 12.1 Å². The number of fused-ring (bicyclic) bond motifs is 4. The van der Waals surface area contributed by atoms with Crippen molar-refractivity contribution in [1.82, 2.24) is 29.7 Å². The summed E-state index contributed by atoms with van der Waals surface area (Å²) in [6, 6.07) is 17.4. The average Bonchev–Trinajstić information content (AvgIpc) is 3.64. The second-order valence-electron chi connectivity index (χ2n) is 16.4. The number of carbonyl (C=O) groups is 4. The van der Waals surface area contributed by atoms with E-state index in [1.54, 1.807) is 12.1 Å². The maximum absolute atomic E-state index is 13.3. The summed E-state index contributed by atoms with van der Waals surface area (Å²) in [7, 11) is 2.11. The first kappa shape index (κ1) is 35.7. The molecule has 1 atom stereocenters. The summed E-state index contributed by atoms with van der Waals surface area (Å²) in [6.45, 7) is 6.75. The van der Waals surface area contributed by atoms with Crippen molar-refractivity contribution >= 4 is 56.9 Å². The first-order valence-corrected chi connectivity index (χ1v) is 20.3. The molecule has 10 rings (SSSR count). The molecule has 4 amide bonds. The van der Waals surface area contributed by atoms with Gasteiger partial charge in [-0.25, -0.2) is 4.98 Å². The van der Waals surface area contributed by atoms with Gasteiger partial charge < -0.3 is 24.0 Å². The van der Waals surface area contributed by atoms with Gasteiger partial charge in [-0.05, 0) is 86.1 Å². The molecule has 3 aromatic heterocycles. The predicted octanol–water partition coefficient (Wildman–Crippen LogP) is 4.78. The summed E-state index contributed by atoms with van der Waals surface area (Å²) in [4.78, 5) is 67.8. The number of likely N-dealkylation sites (tertiary alicyclic amines) is 1. The molecule has 1 unspecified atom stereocenters. The quantitative estimate of drug-likeness (QED) is 0.220. The number of rotatable bonds is 8. The molecule has 57 heavy (non-hydrogen) atoms. The molecule has 0 aliphatic carbocycles. The number of hydrogen-bond donors (Lipinski definition) is 1. The lowest BCUT2D eigenvalue weighted by atomic mass is 9.95. The van der Waals surface area contributed by atoms with Crippen LogP contribution < -0.4 is 15.1 Å². The normalized spacial score (nSPS) is 21.5. The number of nitrogens with zero attached hydrogens (tertiary/aromatic N) is 7. The van der Waals surface area contributed by atoms with Crippen molar-refractivity contribution in [3.8, 4) is 11.1 Å². The predicted molar refractivity (Wildman–Crippen MR) is 216 cm³/mol. The lowest BCUT2D eigenvalue weighted by Gasteiger charge is -2.44. The zero-order valence-corrected chi connectivity index (χ0v) is 32.1. The SMILES string of the molecule is Cn1c2ccncc2c2ccc(-c3ccc(N4CCC(CN5CCC(OC6CN(c7ccc8c(c7)C(=O)N(C7CCC(=O)NC7=O)C8=O)C6)CC5)CC4)nc3)cc21. The maximum atomic E-state index is 13.3. The maximum Gasteiger partial charge on any atom is 0.262 e. The minimum absolute atomic E-state index is 0.100. The van der Waals surface area contributed by atoms with Crippen molar-refractivity contribution in [2.75, 3.05) is 55.6 Å². The Labute approximate surface area is 330 Å². The molecule has 5 aromatic rings. The smallest absolute Gasteiger partial charge is 0.262 e. The Morgan fingerprint density at radius 1 is 0.737 bits per heavy atom. The van der Waals surface area contributed by atoms with E-state index in [0.717, 1.165) is 80.6 Å². The number of nitrogens with one attached hydrogen (secondary N) is 1. The number of aryl methyl sites for hydroxylation is 1. The van der Waals surface area contributed by atoms with Crippen LogP contribution in [0.25, 0.3) is 32.9 Å². The second-order valence-corrected chi connectivity index (χ2v) is 16.4. The lowest BCUT2D eigenvalue weighted by molar-refractivity contribution is -0.136. The molecule has 8 heterocycles. The highest BCUT2D eigenvalue weighted by molar-refractivity contribution is 6.23. The van der Waals surface area contributed by atoms with Crippen LogP contribution in [0.4, 0.5) is 11.5 Å². The molecule has 4 fully saturated rings. The van der Waals surface area contributed by atoms with Gasteiger partial charge in [0.2, 0.25) is 11.8 Å². The van der Waals surface area contributed by atoms with Gasteiger partial charge in [0.25, 0.3) is 11.8 Å². The van der Waals surface area contributed by atoms with Crippen LogP contribution in [0.3, 0.4) is 0 Å². The van der Waals surface area contributed by atoms with E-state index in [-0.39, 0.29) is 31.0 Å². The number of pyridine rings is 2. The molecule has 0 bridgehead atoms. The van der Waals surface area contributed by atoms with Crippen molar-refractivity contribution in [3.05, 3.63) is 84.3 Å². The van der Waals surface area contributed by atoms with E-state index < -0.39 is 23.8 Å². The molecule has 0 saturated carbocycles. The van der Waals surface area contributed by atoms with Gasteiger partial charge in [0.1, 0.15) is 11.9 Å². The molecule has 0 radical (unpaired) electrons. The summed E-state index contributed by atoms with van der Waals surface area (Å²) >= 11 is 0. The van der Waals surface area contributed by atoms with Gasteiger partial charge in [0, 0.05) is 105 Å². The van der Waals surface area contributed by atoms with Gasteiger partial charge in [-0.2, -0.15) is 0 Å². The van der Waals surface area contributed by atoms with E-state index in [9.17, 15) is 19.2 Å². The second kappa shape index (κ2) is 14.4. The molecule has 4 saturated heterocycles. The number of anilines is 2. The van der Waals surface area contributed by atoms with E-state index in [2.05, 4.69) is 73.0 Å². The Morgan fingerprint density at radius 3 is 2.30 bits per heavy atom. The largest absolute Gasteiger partial charge is 0.371 e. The Balaban J connectivity index is 0.663. The first-order chi connectivity index (χ1) is 27.8. The van der Waals surface area contributed by atoms with E-state index in [4.69, 9.17) is 9.72 Å². The zero-order valence-electron chi connectivity index (χ0n) is 32.1. The summed E-state index contributed by atoms with van der Waals surface area (Å²) in [6.07, 6.45) is 10.8. The molecule has 13 nitrogen and oxygen atoms in total. The van der Waals surface area contributed by atoms with E-state index in [1.807, 2.05) is 24.7 Å². The fourth-order valence-electron chi connectivity index (χ4n) is 9.58. The zero-order chi connectivity index (χ0) is 38.8. The number of amides is 4. The number of aromatic nitrogens is 3. The minimum atomic E-state index is -0.963. The standard InChI is InChI=1S/C44H46N8O5/c1-48-37-10-15-45-23-36(37)33-5-2-28(20-39(33)48)29-3-8-40(46-22-29)50-18-11-27(12-19-50)24-49-16-13-31(14-17-49)57-32-25-51(26-32)30-4-6-34-35(21-30)44(56)52(43(34)55)38-7-9-41(53)47-42(38)54/h2-6,8,10,15,20-23,27,31-32,38H,7,9,11-14,16-19,24-26H2,1H3,(H,47,53,54). The number of carbonyl (C=O) groups excluding carboxylic acids is 4. The Morgan fingerprint density at radius 2 is 1.53 bits per heavy atom. The summed E-state index contributed by atoms with van der Waals surface area (Å²) in [5.41, 5.74) is 6.14. The Hall–Kier alpha value is -5.66. The molecular weight excluding hydrogens is 721 g/mol.